The summed E-state index contributed by atoms with van der Waals surface area (Å²) in [4.78, 5) is 26.3. The molecular weight excluding hydrogens is 318 g/mol. The van der Waals surface area contributed by atoms with Crippen molar-refractivity contribution in [3.05, 3.63) is 58.5 Å². The van der Waals surface area contributed by atoms with Crippen molar-refractivity contribution >= 4 is 5.91 Å². The van der Waals surface area contributed by atoms with Gasteiger partial charge in [-0.25, -0.2) is 0 Å². The van der Waals surface area contributed by atoms with Crippen molar-refractivity contribution in [2.24, 2.45) is 5.92 Å². The van der Waals surface area contributed by atoms with E-state index in [0.717, 1.165) is 25.7 Å². The minimum absolute atomic E-state index is 0.0997. The third-order valence-electron chi connectivity index (χ3n) is 4.74. The zero-order valence-electron chi connectivity index (χ0n) is 14.3. The number of carbonyl (C=O) groups is 1. The molecule has 1 amide bonds. The van der Waals surface area contributed by atoms with Gasteiger partial charge in [0.1, 0.15) is 5.69 Å². The summed E-state index contributed by atoms with van der Waals surface area (Å²) in [5.41, 5.74) is 0.553. The second-order valence-corrected chi connectivity index (χ2v) is 6.60. The Balaban J connectivity index is 1.79. The topological polar surface area (TPSA) is 75.4 Å². The van der Waals surface area contributed by atoms with E-state index in [2.05, 4.69) is 5.10 Å². The normalized spacial score (nSPS) is 20.2. The Bertz CT molecular complexity index is 788. The molecule has 2 atom stereocenters. The van der Waals surface area contributed by atoms with E-state index < -0.39 is 0 Å². The first kappa shape index (κ1) is 17.4. The molecule has 0 spiro atoms. The van der Waals surface area contributed by atoms with Crippen LogP contribution in [-0.4, -0.2) is 45.4 Å². The van der Waals surface area contributed by atoms with Crippen LogP contribution in [-0.2, 0) is 0 Å². The molecule has 132 valence electrons. The molecule has 1 N–H and O–H groups in total. The molecule has 0 bridgehead atoms. The van der Waals surface area contributed by atoms with Crippen molar-refractivity contribution in [2.75, 3.05) is 13.6 Å². The first-order valence-corrected chi connectivity index (χ1v) is 8.65. The minimum Gasteiger partial charge on any atom is -0.393 e. The second-order valence-electron chi connectivity index (χ2n) is 6.60. The number of aliphatic hydroxyl groups excluding tert-OH is 1. The molecule has 0 saturated heterocycles. The van der Waals surface area contributed by atoms with E-state index in [9.17, 15) is 14.7 Å². The van der Waals surface area contributed by atoms with Crippen molar-refractivity contribution in [1.29, 1.82) is 0 Å². The molecule has 6 nitrogen and oxygen atoms in total. The number of hydrogen-bond acceptors (Lipinski definition) is 4. The van der Waals surface area contributed by atoms with Crippen molar-refractivity contribution in [3.8, 4) is 5.69 Å². The van der Waals surface area contributed by atoms with Gasteiger partial charge in [-0.05, 0) is 31.0 Å². The predicted octanol–water partition coefficient (Wildman–Crippen LogP) is 1.86. The highest BCUT2D eigenvalue weighted by Gasteiger charge is 2.26. The summed E-state index contributed by atoms with van der Waals surface area (Å²) < 4.78 is 1.23. The van der Waals surface area contributed by atoms with Gasteiger partial charge in [0.2, 0.25) is 0 Å². The molecule has 0 aliphatic heterocycles. The Morgan fingerprint density at radius 2 is 1.92 bits per heavy atom. The van der Waals surface area contributed by atoms with Gasteiger partial charge in [0.05, 0.1) is 11.8 Å². The maximum atomic E-state index is 12.7. The Morgan fingerprint density at radius 1 is 1.20 bits per heavy atom. The van der Waals surface area contributed by atoms with Crippen LogP contribution in [0.1, 0.15) is 36.2 Å². The van der Waals surface area contributed by atoms with E-state index >= 15 is 0 Å². The monoisotopic (exact) mass is 341 g/mol. The van der Waals surface area contributed by atoms with Gasteiger partial charge in [-0.2, -0.15) is 9.78 Å². The fourth-order valence-electron chi connectivity index (χ4n) is 3.31. The van der Waals surface area contributed by atoms with Crippen LogP contribution in [0, 0.1) is 5.92 Å². The van der Waals surface area contributed by atoms with Crippen LogP contribution in [0.15, 0.2) is 47.3 Å². The van der Waals surface area contributed by atoms with E-state index in [1.165, 1.54) is 16.8 Å². The third-order valence-corrected chi connectivity index (χ3v) is 4.74. The van der Waals surface area contributed by atoms with E-state index in [1.54, 1.807) is 24.1 Å². The molecule has 1 aliphatic carbocycles. The molecule has 3 rings (SSSR count). The number of para-hydroxylation sites is 1. The lowest BCUT2D eigenvalue weighted by atomic mass is 9.86. The highest BCUT2D eigenvalue weighted by atomic mass is 16.3. The van der Waals surface area contributed by atoms with Crippen LogP contribution in [0.3, 0.4) is 0 Å². The molecule has 25 heavy (non-hydrogen) atoms. The van der Waals surface area contributed by atoms with E-state index in [-0.39, 0.29) is 29.2 Å². The Labute approximate surface area is 146 Å². The number of rotatable bonds is 4. The standard InChI is InChI=1S/C19H23N3O3/c1-21(13-14-7-5-6-10-17(14)23)19(25)16-11-12-18(24)22(20-16)15-8-3-2-4-9-15/h2-4,8-9,11-12,14,17,23H,5-7,10,13H2,1H3/t14-,17+/m0/s1. The fourth-order valence-corrected chi connectivity index (χ4v) is 3.31. The number of aromatic nitrogens is 2. The maximum absolute atomic E-state index is 12.7. The van der Waals surface area contributed by atoms with Crippen LogP contribution >= 0.6 is 0 Å². The van der Waals surface area contributed by atoms with Crippen LogP contribution < -0.4 is 5.56 Å². The zero-order valence-corrected chi connectivity index (χ0v) is 14.3. The van der Waals surface area contributed by atoms with Gasteiger partial charge in [0.25, 0.3) is 11.5 Å². The van der Waals surface area contributed by atoms with Gasteiger partial charge in [-0.3, -0.25) is 9.59 Å². The summed E-state index contributed by atoms with van der Waals surface area (Å²) in [6.07, 6.45) is 3.49. The summed E-state index contributed by atoms with van der Waals surface area (Å²) in [7, 11) is 1.71. The van der Waals surface area contributed by atoms with E-state index in [4.69, 9.17) is 0 Å². The SMILES string of the molecule is CN(C[C@@H]1CCCC[C@H]1O)C(=O)c1ccc(=O)n(-c2ccccc2)n1. The van der Waals surface area contributed by atoms with Gasteiger partial charge in [0.15, 0.2) is 0 Å². The third kappa shape index (κ3) is 3.96. The number of benzene rings is 1. The Hall–Kier alpha value is -2.47. The lowest BCUT2D eigenvalue weighted by Gasteiger charge is -2.31. The zero-order chi connectivity index (χ0) is 17.8. The number of nitrogens with zero attached hydrogens (tertiary/aromatic N) is 3. The molecule has 2 aromatic rings. The average Bonchev–Trinajstić information content (AvgIpc) is 2.64. The number of aliphatic hydroxyl groups is 1. The van der Waals surface area contributed by atoms with Crippen LogP contribution in [0.5, 0.6) is 0 Å². The summed E-state index contributed by atoms with van der Waals surface area (Å²) in [6.45, 7) is 0.492. The summed E-state index contributed by atoms with van der Waals surface area (Å²) in [5.74, 6) is -0.148. The lowest BCUT2D eigenvalue weighted by Crippen LogP contribution is -2.39. The molecule has 6 heteroatoms. The number of carbonyl (C=O) groups excluding carboxylic acids is 1. The van der Waals surface area contributed by atoms with E-state index in [0.29, 0.717) is 12.2 Å². The molecular formula is C19H23N3O3. The largest absolute Gasteiger partial charge is 0.393 e. The first-order chi connectivity index (χ1) is 12.1. The van der Waals surface area contributed by atoms with Gasteiger partial charge in [0, 0.05) is 25.6 Å². The van der Waals surface area contributed by atoms with Gasteiger partial charge in [-0.1, -0.05) is 31.0 Å². The Morgan fingerprint density at radius 3 is 2.64 bits per heavy atom. The lowest BCUT2D eigenvalue weighted by molar-refractivity contribution is 0.0447. The van der Waals surface area contributed by atoms with Gasteiger partial charge >= 0.3 is 0 Å². The highest BCUT2D eigenvalue weighted by molar-refractivity contribution is 5.91. The molecule has 1 fully saturated rings. The number of amides is 1. The van der Waals surface area contributed by atoms with Crippen molar-refractivity contribution < 1.29 is 9.90 Å². The number of hydrogen-bond donors (Lipinski definition) is 1. The molecule has 1 aliphatic rings. The minimum atomic E-state index is -0.352. The van der Waals surface area contributed by atoms with Crippen LogP contribution in [0.25, 0.3) is 5.69 Å². The molecule has 1 saturated carbocycles. The van der Waals surface area contributed by atoms with Crippen molar-refractivity contribution in [1.82, 2.24) is 14.7 Å². The molecule has 0 unspecified atom stereocenters. The second kappa shape index (κ2) is 7.61. The summed E-state index contributed by atoms with van der Waals surface area (Å²) in [5, 5.41) is 14.3. The molecule has 0 radical (unpaired) electrons. The van der Waals surface area contributed by atoms with Crippen LogP contribution in [0.4, 0.5) is 0 Å². The predicted molar refractivity (Wildman–Crippen MR) is 94.8 cm³/mol. The summed E-state index contributed by atoms with van der Waals surface area (Å²) in [6, 6.07) is 11.8. The average molecular weight is 341 g/mol. The fraction of sp³-hybridized carbons (Fsp3) is 0.421. The Kier molecular flexibility index (Phi) is 5.28. The van der Waals surface area contributed by atoms with Crippen molar-refractivity contribution in [3.63, 3.8) is 0 Å². The smallest absolute Gasteiger partial charge is 0.274 e. The molecule has 1 aromatic carbocycles. The quantitative estimate of drug-likeness (QED) is 0.921. The highest BCUT2D eigenvalue weighted by Crippen LogP contribution is 2.25. The van der Waals surface area contributed by atoms with E-state index in [1.807, 2.05) is 18.2 Å². The van der Waals surface area contributed by atoms with Gasteiger partial charge < -0.3 is 10.0 Å². The summed E-state index contributed by atoms with van der Waals surface area (Å²) >= 11 is 0. The van der Waals surface area contributed by atoms with Gasteiger partial charge in [-0.15, -0.1) is 0 Å². The molecule has 1 aromatic heterocycles. The van der Waals surface area contributed by atoms with Crippen LogP contribution in [0.2, 0.25) is 0 Å². The first-order valence-electron chi connectivity index (χ1n) is 8.65. The maximum Gasteiger partial charge on any atom is 0.274 e. The van der Waals surface area contributed by atoms with Crippen molar-refractivity contribution in [2.45, 2.75) is 31.8 Å². The molecule has 1 heterocycles.